The Bertz CT molecular complexity index is 788. The van der Waals surface area contributed by atoms with Crippen LogP contribution in [0.4, 0.5) is 5.69 Å². The third-order valence-corrected chi connectivity index (χ3v) is 3.73. The van der Waals surface area contributed by atoms with E-state index >= 15 is 0 Å². The lowest BCUT2D eigenvalue weighted by molar-refractivity contribution is -0.147. The van der Waals surface area contributed by atoms with Crippen molar-refractivity contribution < 1.29 is 19.1 Å². The summed E-state index contributed by atoms with van der Waals surface area (Å²) in [6, 6.07) is 18.5. The normalized spacial score (nSPS) is 10.4. The minimum Gasteiger partial charge on any atom is -0.455 e. The molecule has 0 aliphatic carbocycles. The van der Waals surface area contributed by atoms with Crippen LogP contribution >= 0.6 is 0 Å². The van der Waals surface area contributed by atoms with Gasteiger partial charge in [-0.1, -0.05) is 48.5 Å². The molecule has 0 radical (unpaired) electrons. The molecular formula is C21H22N2O4. The molecule has 2 aromatic rings. The maximum atomic E-state index is 12.0. The summed E-state index contributed by atoms with van der Waals surface area (Å²) in [6.45, 7) is -0.203. The lowest BCUT2D eigenvalue weighted by Gasteiger charge is -2.17. The van der Waals surface area contributed by atoms with Crippen molar-refractivity contribution >= 4 is 29.5 Å². The number of carbonyl (C=O) groups is 3. The first kappa shape index (κ1) is 19.9. The van der Waals surface area contributed by atoms with Gasteiger partial charge < -0.3 is 15.0 Å². The molecule has 2 amide bonds. The highest BCUT2D eigenvalue weighted by Gasteiger charge is 2.13. The van der Waals surface area contributed by atoms with Gasteiger partial charge in [0.25, 0.3) is 5.91 Å². The zero-order valence-electron chi connectivity index (χ0n) is 15.1. The quantitative estimate of drug-likeness (QED) is 0.575. The van der Waals surface area contributed by atoms with Gasteiger partial charge in [0.1, 0.15) is 0 Å². The largest absolute Gasteiger partial charge is 0.455 e. The van der Waals surface area contributed by atoms with Crippen molar-refractivity contribution in [3.63, 3.8) is 0 Å². The minimum absolute atomic E-state index is 0.00670. The van der Waals surface area contributed by atoms with Gasteiger partial charge in [0.05, 0.1) is 6.42 Å². The number of rotatable bonds is 8. The van der Waals surface area contributed by atoms with E-state index in [1.807, 2.05) is 48.5 Å². The van der Waals surface area contributed by atoms with Gasteiger partial charge in [-0.05, 0) is 23.8 Å². The van der Waals surface area contributed by atoms with E-state index in [0.29, 0.717) is 0 Å². The SMILES string of the molecule is CN(C(=O)COC(=O)CCNC(=O)/C=C/c1ccccc1)c1ccccc1. The maximum absolute atomic E-state index is 12.0. The van der Waals surface area contributed by atoms with Gasteiger partial charge in [-0.25, -0.2) is 0 Å². The second-order valence-corrected chi connectivity index (χ2v) is 5.73. The van der Waals surface area contributed by atoms with E-state index < -0.39 is 5.97 Å². The lowest BCUT2D eigenvalue weighted by atomic mass is 10.2. The van der Waals surface area contributed by atoms with Gasteiger partial charge >= 0.3 is 5.97 Å². The van der Waals surface area contributed by atoms with Crippen molar-refractivity contribution in [2.45, 2.75) is 6.42 Å². The number of para-hydroxylation sites is 1. The molecule has 27 heavy (non-hydrogen) atoms. The Morgan fingerprint density at radius 2 is 1.63 bits per heavy atom. The number of esters is 1. The summed E-state index contributed by atoms with van der Waals surface area (Å²) in [5.74, 6) is -1.17. The molecule has 0 aromatic heterocycles. The standard InChI is InChI=1S/C21H22N2O4/c1-23(18-10-6-3-7-11-18)20(25)16-27-21(26)14-15-22-19(24)13-12-17-8-4-2-5-9-17/h2-13H,14-16H2,1H3,(H,22,24)/b13-12+. The van der Waals surface area contributed by atoms with Crippen molar-refractivity contribution in [2.75, 3.05) is 25.1 Å². The van der Waals surface area contributed by atoms with Gasteiger partial charge in [0.2, 0.25) is 5.91 Å². The Labute approximate surface area is 158 Å². The van der Waals surface area contributed by atoms with Gasteiger partial charge in [0, 0.05) is 25.4 Å². The summed E-state index contributed by atoms with van der Waals surface area (Å²) < 4.78 is 4.96. The van der Waals surface area contributed by atoms with Crippen LogP contribution in [0, 0.1) is 0 Å². The fourth-order valence-corrected chi connectivity index (χ4v) is 2.19. The second-order valence-electron chi connectivity index (χ2n) is 5.73. The molecule has 0 unspecified atom stereocenters. The topological polar surface area (TPSA) is 75.7 Å². The average molecular weight is 366 g/mol. The number of nitrogens with one attached hydrogen (secondary N) is 1. The van der Waals surface area contributed by atoms with E-state index in [4.69, 9.17) is 4.74 Å². The number of anilines is 1. The molecule has 0 fully saturated rings. The monoisotopic (exact) mass is 366 g/mol. The van der Waals surface area contributed by atoms with Crippen molar-refractivity contribution in [3.05, 3.63) is 72.3 Å². The molecule has 0 saturated carbocycles. The summed E-state index contributed by atoms with van der Waals surface area (Å²) >= 11 is 0. The molecule has 2 aromatic carbocycles. The highest BCUT2D eigenvalue weighted by atomic mass is 16.5. The molecular weight excluding hydrogens is 344 g/mol. The van der Waals surface area contributed by atoms with E-state index in [2.05, 4.69) is 5.32 Å². The van der Waals surface area contributed by atoms with Crippen LogP contribution in [-0.4, -0.2) is 38.0 Å². The second kappa shape index (κ2) is 10.6. The van der Waals surface area contributed by atoms with E-state index in [1.165, 1.54) is 11.0 Å². The molecule has 0 atom stereocenters. The molecule has 0 spiro atoms. The molecule has 0 bridgehead atoms. The predicted molar refractivity (Wildman–Crippen MR) is 104 cm³/mol. The van der Waals surface area contributed by atoms with Gasteiger partial charge in [-0.2, -0.15) is 0 Å². The molecule has 0 saturated heterocycles. The zero-order valence-corrected chi connectivity index (χ0v) is 15.1. The smallest absolute Gasteiger partial charge is 0.308 e. The lowest BCUT2D eigenvalue weighted by Crippen LogP contribution is -2.31. The Morgan fingerprint density at radius 3 is 2.30 bits per heavy atom. The van der Waals surface area contributed by atoms with E-state index in [1.54, 1.807) is 25.3 Å². The van der Waals surface area contributed by atoms with Crippen LogP contribution in [0.25, 0.3) is 6.08 Å². The number of carbonyl (C=O) groups excluding carboxylic acids is 3. The van der Waals surface area contributed by atoms with Crippen molar-refractivity contribution in [1.29, 1.82) is 0 Å². The maximum Gasteiger partial charge on any atom is 0.308 e. The van der Waals surface area contributed by atoms with Crippen LogP contribution in [0.3, 0.4) is 0 Å². The first-order chi connectivity index (χ1) is 13.1. The van der Waals surface area contributed by atoms with Gasteiger partial charge in [-0.15, -0.1) is 0 Å². The average Bonchev–Trinajstić information content (AvgIpc) is 2.71. The minimum atomic E-state index is -0.544. The summed E-state index contributed by atoms with van der Waals surface area (Å²) in [6.07, 6.45) is 3.08. The van der Waals surface area contributed by atoms with Crippen molar-refractivity contribution in [1.82, 2.24) is 5.32 Å². The molecule has 0 aliphatic rings. The molecule has 0 aliphatic heterocycles. The molecule has 2 rings (SSSR count). The van der Waals surface area contributed by atoms with Crippen LogP contribution in [0.5, 0.6) is 0 Å². The van der Waals surface area contributed by atoms with Crippen molar-refractivity contribution in [2.24, 2.45) is 0 Å². The zero-order chi connectivity index (χ0) is 19.5. The third kappa shape index (κ3) is 7.15. The first-order valence-corrected chi connectivity index (χ1v) is 8.54. The molecule has 140 valence electrons. The summed E-state index contributed by atoms with van der Waals surface area (Å²) in [5, 5.41) is 2.60. The Morgan fingerprint density at radius 1 is 1.00 bits per heavy atom. The van der Waals surface area contributed by atoms with Crippen LogP contribution in [0.2, 0.25) is 0 Å². The number of nitrogens with zero attached hydrogens (tertiary/aromatic N) is 1. The number of likely N-dealkylation sites (N-methyl/N-ethyl adjacent to an activating group) is 1. The Hall–Kier alpha value is -3.41. The van der Waals surface area contributed by atoms with Crippen molar-refractivity contribution in [3.8, 4) is 0 Å². The summed E-state index contributed by atoms with van der Waals surface area (Å²) in [7, 11) is 1.62. The molecule has 6 nitrogen and oxygen atoms in total. The highest BCUT2D eigenvalue weighted by Crippen LogP contribution is 2.11. The van der Waals surface area contributed by atoms with E-state index in [9.17, 15) is 14.4 Å². The number of hydrogen-bond acceptors (Lipinski definition) is 4. The van der Waals surface area contributed by atoms with Gasteiger partial charge in [-0.3, -0.25) is 14.4 Å². The third-order valence-electron chi connectivity index (χ3n) is 3.73. The number of ether oxygens (including phenoxy) is 1. The van der Waals surface area contributed by atoms with Crippen LogP contribution in [0.1, 0.15) is 12.0 Å². The fourth-order valence-electron chi connectivity index (χ4n) is 2.19. The number of hydrogen-bond donors (Lipinski definition) is 1. The van der Waals surface area contributed by atoms with E-state index in [0.717, 1.165) is 11.3 Å². The Kier molecular flexibility index (Phi) is 7.78. The fraction of sp³-hybridized carbons (Fsp3) is 0.190. The molecule has 0 heterocycles. The van der Waals surface area contributed by atoms with E-state index in [-0.39, 0.29) is 31.4 Å². The summed E-state index contributed by atoms with van der Waals surface area (Å²) in [5.41, 5.74) is 1.63. The number of amides is 2. The van der Waals surface area contributed by atoms with Crippen LogP contribution < -0.4 is 10.2 Å². The number of benzene rings is 2. The van der Waals surface area contributed by atoms with Crippen LogP contribution in [0.15, 0.2) is 66.7 Å². The molecule has 1 N–H and O–H groups in total. The Balaban J connectivity index is 1.65. The molecule has 6 heteroatoms. The van der Waals surface area contributed by atoms with Crippen LogP contribution in [-0.2, 0) is 19.1 Å². The highest BCUT2D eigenvalue weighted by molar-refractivity contribution is 5.94. The predicted octanol–water partition coefficient (Wildman–Crippen LogP) is 2.41. The summed E-state index contributed by atoms with van der Waals surface area (Å²) in [4.78, 5) is 36.8. The van der Waals surface area contributed by atoms with Gasteiger partial charge in [0.15, 0.2) is 6.61 Å². The first-order valence-electron chi connectivity index (χ1n) is 8.54.